The van der Waals surface area contributed by atoms with E-state index in [0.717, 1.165) is 17.7 Å². The Balaban J connectivity index is 1.62. The number of nitrogens with zero attached hydrogens (tertiary/aromatic N) is 1. The molecule has 0 saturated heterocycles. The van der Waals surface area contributed by atoms with Gasteiger partial charge in [-0.25, -0.2) is 0 Å². The summed E-state index contributed by atoms with van der Waals surface area (Å²) in [6.45, 7) is 2.30. The van der Waals surface area contributed by atoms with E-state index in [-0.39, 0.29) is 18.4 Å². The number of carbonyl (C=O) groups excluding carboxylic acids is 2. The number of hydrogen-bond acceptors (Lipinski definition) is 3. The molecule has 2 aromatic rings. The molecule has 0 aromatic heterocycles. The summed E-state index contributed by atoms with van der Waals surface area (Å²) in [5.41, 5.74) is 3.27. The highest BCUT2D eigenvalue weighted by Crippen LogP contribution is 2.30. The second-order valence-electron chi connectivity index (χ2n) is 5.79. The maximum Gasteiger partial charge on any atom is 0.243 e. The summed E-state index contributed by atoms with van der Waals surface area (Å²) in [7, 11) is 0. The van der Waals surface area contributed by atoms with Gasteiger partial charge in [-0.2, -0.15) is 0 Å². The van der Waals surface area contributed by atoms with E-state index in [2.05, 4.69) is 10.6 Å². The van der Waals surface area contributed by atoms with Crippen LogP contribution in [0, 0.1) is 0 Å². The molecule has 2 N–H and O–H groups in total. The lowest BCUT2D eigenvalue weighted by atomic mass is 10.1. The fraction of sp³-hybridized carbons (Fsp3) is 0.222. The number of fused-ring (bicyclic) bond motifs is 1. The van der Waals surface area contributed by atoms with Crippen LogP contribution in [0.5, 0.6) is 0 Å². The Kier molecular flexibility index (Phi) is 5.16. The number of nitrogens with one attached hydrogen (secondary N) is 2. The van der Waals surface area contributed by atoms with Gasteiger partial charge in [-0.3, -0.25) is 9.59 Å². The lowest BCUT2D eigenvalue weighted by molar-refractivity contribution is -0.116. The van der Waals surface area contributed by atoms with Crippen molar-refractivity contribution in [3.8, 4) is 0 Å². The number of amides is 2. The summed E-state index contributed by atoms with van der Waals surface area (Å²) in [6, 6.07) is 10.6. The smallest absolute Gasteiger partial charge is 0.243 e. The first-order valence-corrected chi connectivity index (χ1v) is 8.59. The van der Waals surface area contributed by atoms with Gasteiger partial charge in [0.05, 0.1) is 17.3 Å². The van der Waals surface area contributed by atoms with Crippen molar-refractivity contribution in [2.45, 2.75) is 13.3 Å². The molecule has 0 radical (unpaired) electrons. The Bertz CT molecular complexity index is 839. The summed E-state index contributed by atoms with van der Waals surface area (Å²) in [4.78, 5) is 25.5. The molecule has 0 spiro atoms. The summed E-state index contributed by atoms with van der Waals surface area (Å²) < 4.78 is 0. The minimum atomic E-state index is -0.197. The highest BCUT2D eigenvalue weighted by atomic mass is 35.5. The molecule has 1 aliphatic heterocycles. The molecule has 3 rings (SSSR count). The van der Waals surface area contributed by atoms with E-state index >= 15 is 0 Å². The quantitative estimate of drug-likeness (QED) is 0.847. The molecule has 0 fully saturated rings. The molecule has 2 aromatic carbocycles. The average molecular weight is 378 g/mol. The molecule has 7 heteroatoms. The van der Waals surface area contributed by atoms with Crippen molar-refractivity contribution in [3.63, 3.8) is 0 Å². The van der Waals surface area contributed by atoms with Crippen LogP contribution in [0.25, 0.3) is 0 Å². The lowest BCUT2D eigenvalue weighted by Crippen LogP contribution is -2.25. The molecule has 0 aliphatic carbocycles. The molecule has 1 heterocycles. The fourth-order valence-corrected chi connectivity index (χ4v) is 3.18. The van der Waals surface area contributed by atoms with Crippen LogP contribution in [0.3, 0.4) is 0 Å². The lowest BCUT2D eigenvalue weighted by Gasteiger charge is -2.15. The molecule has 130 valence electrons. The van der Waals surface area contributed by atoms with E-state index in [9.17, 15) is 9.59 Å². The second-order valence-corrected chi connectivity index (χ2v) is 6.63. The van der Waals surface area contributed by atoms with Crippen molar-refractivity contribution < 1.29 is 9.59 Å². The van der Waals surface area contributed by atoms with Gasteiger partial charge < -0.3 is 15.5 Å². The number of rotatable bonds is 4. The summed E-state index contributed by atoms with van der Waals surface area (Å²) in [6.07, 6.45) is 0.787. The van der Waals surface area contributed by atoms with E-state index in [1.165, 1.54) is 0 Å². The zero-order chi connectivity index (χ0) is 18.0. The van der Waals surface area contributed by atoms with Gasteiger partial charge in [-0.15, -0.1) is 0 Å². The van der Waals surface area contributed by atoms with Gasteiger partial charge in [0.1, 0.15) is 0 Å². The predicted octanol–water partition coefficient (Wildman–Crippen LogP) is 3.95. The first-order chi connectivity index (χ1) is 11.9. The topological polar surface area (TPSA) is 61.4 Å². The third-order valence-electron chi connectivity index (χ3n) is 4.01. The van der Waals surface area contributed by atoms with Crippen LogP contribution in [0.4, 0.5) is 17.1 Å². The van der Waals surface area contributed by atoms with Crippen LogP contribution < -0.4 is 15.5 Å². The molecule has 1 aliphatic rings. The number of hydrogen-bond donors (Lipinski definition) is 2. The number of carbonyl (C=O) groups is 2. The van der Waals surface area contributed by atoms with Crippen molar-refractivity contribution in [1.29, 1.82) is 0 Å². The van der Waals surface area contributed by atoms with Crippen LogP contribution in [0.1, 0.15) is 12.5 Å². The van der Waals surface area contributed by atoms with Gasteiger partial charge in [-0.1, -0.05) is 23.2 Å². The van der Waals surface area contributed by atoms with Gasteiger partial charge in [-0.05, 0) is 48.4 Å². The molecular weight excluding hydrogens is 361 g/mol. The number of benzene rings is 2. The van der Waals surface area contributed by atoms with Crippen LogP contribution >= 0.6 is 23.2 Å². The largest absolute Gasteiger partial charge is 0.375 e. The molecule has 2 amide bonds. The number of halogens is 2. The zero-order valence-corrected chi connectivity index (χ0v) is 15.1. The highest BCUT2D eigenvalue weighted by molar-refractivity contribution is 6.35. The summed E-state index contributed by atoms with van der Waals surface area (Å²) >= 11 is 12.0. The Morgan fingerprint density at radius 3 is 2.72 bits per heavy atom. The van der Waals surface area contributed by atoms with Crippen LogP contribution in [0.2, 0.25) is 10.0 Å². The maximum atomic E-state index is 12.1. The van der Waals surface area contributed by atoms with E-state index in [1.54, 1.807) is 36.1 Å². The predicted molar refractivity (Wildman–Crippen MR) is 102 cm³/mol. The van der Waals surface area contributed by atoms with Crippen molar-refractivity contribution in [2.24, 2.45) is 0 Å². The standard InChI is InChI=1S/C18H17Cl2N3O2/c1-11(24)23-7-6-12-8-14(3-5-17(12)23)22-18(25)10-21-16-9-13(19)2-4-15(16)20/h2-5,8-9,21H,6-7,10H2,1H3,(H,22,25). The minimum Gasteiger partial charge on any atom is -0.375 e. The average Bonchev–Trinajstić information content (AvgIpc) is 2.99. The third kappa shape index (κ3) is 4.06. The van der Waals surface area contributed by atoms with Crippen molar-refractivity contribution in [3.05, 3.63) is 52.0 Å². The van der Waals surface area contributed by atoms with Crippen LogP contribution in [-0.4, -0.2) is 24.9 Å². The van der Waals surface area contributed by atoms with Gasteiger partial charge in [0, 0.05) is 29.9 Å². The first-order valence-electron chi connectivity index (χ1n) is 7.84. The third-order valence-corrected chi connectivity index (χ3v) is 4.57. The summed E-state index contributed by atoms with van der Waals surface area (Å²) in [5.74, 6) is -0.171. The zero-order valence-electron chi connectivity index (χ0n) is 13.6. The molecule has 0 atom stereocenters. The Hall–Kier alpha value is -2.24. The number of anilines is 3. The Morgan fingerprint density at radius 1 is 1.16 bits per heavy atom. The van der Waals surface area contributed by atoms with Gasteiger partial charge in [0.25, 0.3) is 0 Å². The molecule has 0 bridgehead atoms. The fourth-order valence-electron chi connectivity index (χ4n) is 2.82. The van der Waals surface area contributed by atoms with Crippen molar-refractivity contribution in [2.75, 3.05) is 28.6 Å². The van der Waals surface area contributed by atoms with Crippen LogP contribution in [0.15, 0.2) is 36.4 Å². The van der Waals surface area contributed by atoms with E-state index in [1.807, 2.05) is 12.1 Å². The Labute approximate surface area is 155 Å². The highest BCUT2D eigenvalue weighted by Gasteiger charge is 2.22. The Morgan fingerprint density at radius 2 is 1.96 bits per heavy atom. The van der Waals surface area contributed by atoms with Gasteiger partial charge in [0.2, 0.25) is 11.8 Å². The van der Waals surface area contributed by atoms with Crippen LogP contribution in [-0.2, 0) is 16.0 Å². The van der Waals surface area contributed by atoms with E-state index < -0.39 is 0 Å². The normalized spacial score (nSPS) is 12.7. The SMILES string of the molecule is CC(=O)N1CCc2cc(NC(=O)CNc3cc(Cl)ccc3Cl)ccc21. The van der Waals surface area contributed by atoms with Gasteiger partial charge in [0.15, 0.2) is 0 Å². The van der Waals surface area contributed by atoms with E-state index in [4.69, 9.17) is 23.2 Å². The molecule has 0 saturated carbocycles. The molecule has 5 nitrogen and oxygen atoms in total. The maximum absolute atomic E-state index is 12.1. The molecule has 25 heavy (non-hydrogen) atoms. The summed E-state index contributed by atoms with van der Waals surface area (Å²) in [5, 5.41) is 6.85. The van der Waals surface area contributed by atoms with Crippen molar-refractivity contribution >= 4 is 52.1 Å². The first kappa shape index (κ1) is 17.6. The monoisotopic (exact) mass is 377 g/mol. The molecular formula is C18H17Cl2N3O2. The van der Waals surface area contributed by atoms with E-state index in [0.29, 0.717) is 28.0 Å². The minimum absolute atomic E-state index is 0.0261. The van der Waals surface area contributed by atoms with Gasteiger partial charge >= 0.3 is 0 Å². The second kappa shape index (κ2) is 7.33. The molecule has 0 unspecified atom stereocenters. The van der Waals surface area contributed by atoms with Crippen molar-refractivity contribution in [1.82, 2.24) is 0 Å².